The summed E-state index contributed by atoms with van der Waals surface area (Å²) >= 11 is 0. The Morgan fingerprint density at radius 3 is 2.83 bits per heavy atom. The van der Waals surface area contributed by atoms with Gasteiger partial charge in [0.25, 0.3) is 0 Å². The molecule has 0 aromatic carbocycles. The number of rotatable bonds is 1. The minimum Gasteiger partial charge on any atom is -0.336 e. The van der Waals surface area contributed by atoms with Crippen molar-refractivity contribution in [2.75, 3.05) is 32.7 Å². The van der Waals surface area contributed by atoms with Crippen molar-refractivity contribution in [2.24, 2.45) is 0 Å². The maximum Gasteiger partial charge on any atom is 0.405 e. The highest BCUT2D eigenvalue weighted by molar-refractivity contribution is 5.78. The fourth-order valence-corrected chi connectivity index (χ4v) is 2.08. The van der Waals surface area contributed by atoms with Gasteiger partial charge < -0.3 is 20.4 Å². The molecule has 0 spiro atoms. The summed E-state index contributed by atoms with van der Waals surface area (Å²) in [5.41, 5.74) is 0. The maximum atomic E-state index is 12.0. The smallest absolute Gasteiger partial charge is 0.336 e. The first-order chi connectivity index (χ1) is 8.37. The van der Waals surface area contributed by atoms with Crippen molar-refractivity contribution >= 4 is 12.1 Å². The van der Waals surface area contributed by atoms with E-state index in [2.05, 4.69) is 5.32 Å². The van der Waals surface area contributed by atoms with Crippen molar-refractivity contribution in [3.8, 4) is 0 Å². The molecule has 0 aliphatic carbocycles. The average molecular weight is 266 g/mol. The number of nitrogens with one attached hydrogen (secondary N) is 2. The Balaban J connectivity index is 1.84. The summed E-state index contributed by atoms with van der Waals surface area (Å²) in [6, 6.07) is -1.08. The van der Waals surface area contributed by atoms with E-state index < -0.39 is 18.8 Å². The van der Waals surface area contributed by atoms with Crippen LogP contribution in [0.1, 0.15) is 0 Å². The molecule has 0 aromatic rings. The van der Waals surface area contributed by atoms with Gasteiger partial charge in [-0.15, -0.1) is 0 Å². The van der Waals surface area contributed by atoms with Crippen LogP contribution < -0.4 is 10.6 Å². The maximum absolute atomic E-state index is 12.0. The number of hydrogen-bond acceptors (Lipinski definition) is 2. The van der Waals surface area contributed by atoms with Crippen LogP contribution in [0, 0.1) is 0 Å². The summed E-state index contributed by atoms with van der Waals surface area (Å²) in [6.07, 6.45) is -4.41. The predicted molar refractivity (Wildman–Crippen MR) is 54.9 cm³/mol. The van der Waals surface area contributed by atoms with Crippen molar-refractivity contribution in [1.82, 2.24) is 20.4 Å². The molecule has 2 rings (SSSR count). The fourth-order valence-electron chi connectivity index (χ4n) is 2.08. The van der Waals surface area contributed by atoms with E-state index in [0.29, 0.717) is 13.1 Å². The lowest BCUT2D eigenvalue weighted by Gasteiger charge is -2.36. The van der Waals surface area contributed by atoms with E-state index in [1.165, 1.54) is 4.90 Å². The van der Waals surface area contributed by atoms with Crippen LogP contribution in [0.15, 0.2) is 0 Å². The van der Waals surface area contributed by atoms with Crippen molar-refractivity contribution < 1.29 is 22.8 Å². The topological polar surface area (TPSA) is 64.7 Å². The Bertz CT molecular complexity index is 360. The van der Waals surface area contributed by atoms with Crippen LogP contribution in [0.4, 0.5) is 22.8 Å². The third-order valence-corrected chi connectivity index (χ3v) is 2.96. The van der Waals surface area contributed by atoms with E-state index >= 15 is 0 Å². The van der Waals surface area contributed by atoms with Crippen molar-refractivity contribution in [2.45, 2.75) is 12.2 Å². The second-order valence-corrected chi connectivity index (χ2v) is 4.25. The van der Waals surface area contributed by atoms with Crippen LogP contribution in [0.25, 0.3) is 0 Å². The molecule has 0 aromatic heterocycles. The summed E-state index contributed by atoms with van der Waals surface area (Å²) in [7, 11) is 0. The Kier molecular flexibility index (Phi) is 3.22. The Morgan fingerprint density at radius 2 is 2.17 bits per heavy atom. The molecule has 2 aliphatic rings. The molecule has 2 heterocycles. The highest BCUT2D eigenvalue weighted by atomic mass is 19.4. The lowest BCUT2D eigenvalue weighted by atomic mass is 10.2. The third-order valence-electron chi connectivity index (χ3n) is 2.96. The first-order valence-corrected chi connectivity index (χ1v) is 5.51. The SMILES string of the molecule is O=C(NCC(F)(F)F)N1CCN2C(=O)NCC2C1. The Hall–Kier alpha value is -1.67. The van der Waals surface area contributed by atoms with Crippen LogP contribution in [0.2, 0.25) is 0 Å². The van der Waals surface area contributed by atoms with Crippen LogP contribution in [0.3, 0.4) is 0 Å². The molecular formula is C9H13F3N4O2. The number of alkyl halides is 3. The summed E-state index contributed by atoms with van der Waals surface area (Å²) in [6.45, 7) is -0.0816. The van der Waals surface area contributed by atoms with Gasteiger partial charge in [-0.05, 0) is 0 Å². The summed E-state index contributed by atoms with van der Waals surface area (Å²) < 4.78 is 35.9. The van der Waals surface area contributed by atoms with Crippen LogP contribution >= 0.6 is 0 Å². The molecular weight excluding hydrogens is 253 g/mol. The minimum absolute atomic E-state index is 0.150. The highest BCUT2D eigenvalue weighted by Gasteiger charge is 2.37. The van der Waals surface area contributed by atoms with Crippen molar-refractivity contribution in [3.05, 3.63) is 0 Å². The number of nitrogens with zero attached hydrogens (tertiary/aromatic N) is 2. The van der Waals surface area contributed by atoms with Gasteiger partial charge in [0.05, 0.1) is 6.04 Å². The normalized spacial score (nSPS) is 23.7. The summed E-state index contributed by atoms with van der Waals surface area (Å²) in [5.74, 6) is 0. The lowest BCUT2D eigenvalue weighted by molar-refractivity contribution is -0.123. The summed E-state index contributed by atoms with van der Waals surface area (Å²) in [5, 5.41) is 4.45. The van der Waals surface area contributed by atoms with Crippen molar-refractivity contribution in [1.29, 1.82) is 0 Å². The number of urea groups is 2. The number of halogens is 3. The van der Waals surface area contributed by atoms with E-state index in [4.69, 9.17) is 0 Å². The van der Waals surface area contributed by atoms with Gasteiger partial charge >= 0.3 is 18.2 Å². The Morgan fingerprint density at radius 1 is 1.44 bits per heavy atom. The first-order valence-electron chi connectivity index (χ1n) is 5.51. The zero-order valence-corrected chi connectivity index (χ0v) is 9.46. The van der Waals surface area contributed by atoms with Gasteiger partial charge in [0.2, 0.25) is 0 Å². The number of hydrogen-bond donors (Lipinski definition) is 2. The standard InChI is InChI=1S/C9H13F3N4O2/c10-9(11,12)5-14-7(17)15-1-2-16-6(4-15)3-13-8(16)18/h6H,1-5H2,(H,13,18)(H,14,17). The molecule has 0 bridgehead atoms. The Labute approximate surface area is 101 Å². The number of carbonyl (C=O) groups excluding carboxylic acids is 2. The zero-order chi connectivity index (χ0) is 13.3. The average Bonchev–Trinajstić information content (AvgIpc) is 2.66. The second kappa shape index (κ2) is 4.54. The number of fused-ring (bicyclic) bond motifs is 1. The van der Waals surface area contributed by atoms with Gasteiger partial charge in [0, 0.05) is 26.2 Å². The van der Waals surface area contributed by atoms with E-state index in [1.54, 1.807) is 4.90 Å². The third kappa shape index (κ3) is 2.77. The fraction of sp³-hybridized carbons (Fsp3) is 0.778. The molecule has 1 atom stereocenters. The molecule has 4 amide bonds. The molecule has 18 heavy (non-hydrogen) atoms. The largest absolute Gasteiger partial charge is 0.405 e. The van der Waals surface area contributed by atoms with E-state index in [-0.39, 0.29) is 25.2 Å². The van der Waals surface area contributed by atoms with Gasteiger partial charge in [0.1, 0.15) is 6.54 Å². The van der Waals surface area contributed by atoms with Gasteiger partial charge in [-0.2, -0.15) is 13.2 Å². The van der Waals surface area contributed by atoms with Crippen molar-refractivity contribution in [3.63, 3.8) is 0 Å². The molecule has 0 saturated carbocycles. The van der Waals surface area contributed by atoms with E-state index in [1.807, 2.05) is 5.32 Å². The molecule has 1 unspecified atom stereocenters. The van der Waals surface area contributed by atoms with Crippen LogP contribution in [-0.2, 0) is 0 Å². The quantitative estimate of drug-likeness (QED) is 0.700. The number of amides is 4. The van der Waals surface area contributed by atoms with E-state index in [9.17, 15) is 22.8 Å². The van der Waals surface area contributed by atoms with Gasteiger partial charge in [0.15, 0.2) is 0 Å². The monoisotopic (exact) mass is 266 g/mol. The van der Waals surface area contributed by atoms with Gasteiger partial charge in [-0.25, -0.2) is 9.59 Å². The molecule has 2 N–H and O–H groups in total. The predicted octanol–water partition coefficient (Wildman–Crippen LogP) is -0.0323. The zero-order valence-electron chi connectivity index (χ0n) is 9.46. The highest BCUT2D eigenvalue weighted by Crippen LogP contribution is 2.15. The summed E-state index contributed by atoms with van der Waals surface area (Å²) in [4.78, 5) is 25.7. The molecule has 0 radical (unpaired) electrons. The van der Waals surface area contributed by atoms with Crippen LogP contribution in [0.5, 0.6) is 0 Å². The number of carbonyl (C=O) groups is 2. The molecule has 2 fully saturated rings. The van der Waals surface area contributed by atoms with Gasteiger partial charge in [-0.1, -0.05) is 0 Å². The molecule has 2 saturated heterocycles. The minimum atomic E-state index is -4.41. The van der Waals surface area contributed by atoms with Gasteiger partial charge in [-0.3, -0.25) is 0 Å². The van der Waals surface area contributed by atoms with Crippen LogP contribution in [-0.4, -0.2) is 66.8 Å². The second-order valence-electron chi connectivity index (χ2n) is 4.25. The molecule has 9 heteroatoms. The van der Waals surface area contributed by atoms with E-state index in [0.717, 1.165) is 0 Å². The number of piperazine rings is 1. The molecule has 102 valence electrons. The lowest BCUT2D eigenvalue weighted by Crippen LogP contribution is -2.56. The molecule has 2 aliphatic heterocycles. The first kappa shape index (κ1) is 12.8. The molecule has 6 nitrogen and oxygen atoms in total.